The third-order valence-corrected chi connectivity index (χ3v) is 5.96. The third kappa shape index (κ3) is 3.71. The second-order valence-corrected chi connectivity index (χ2v) is 7.83. The van der Waals surface area contributed by atoms with Crippen molar-refractivity contribution in [3.8, 4) is 5.75 Å². The number of fused-ring (bicyclic) bond motifs is 1. The Labute approximate surface area is 171 Å². The van der Waals surface area contributed by atoms with Crippen molar-refractivity contribution >= 4 is 16.7 Å². The fourth-order valence-electron chi connectivity index (χ4n) is 4.19. The van der Waals surface area contributed by atoms with Gasteiger partial charge in [-0.1, -0.05) is 0 Å². The van der Waals surface area contributed by atoms with Gasteiger partial charge in [-0.3, -0.25) is 14.5 Å². The summed E-state index contributed by atoms with van der Waals surface area (Å²) in [6.45, 7) is 8.24. The number of aromatic nitrogens is 3. The van der Waals surface area contributed by atoms with Crippen molar-refractivity contribution in [3.63, 3.8) is 0 Å². The van der Waals surface area contributed by atoms with Crippen LogP contribution in [0.5, 0.6) is 5.75 Å². The molecule has 152 valence electrons. The molecule has 0 unspecified atom stereocenters. The molecule has 0 atom stereocenters. The number of carbonyl (C=O) groups is 1. The molecule has 0 radical (unpaired) electrons. The standard InChI is InChI=1S/C23H28N4O2/c1-5-27-14-20(16(3)25-27)23(28)26-8-6-17(7-9-26)21-11-18-12-22(29-4)15(2)10-19(18)13-24-21/h10-14,17H,5-9H2,1-4H3. The largest absolute Gasteiger partial charge is 0.496 e. The van der Waals surface area contributed by atoms with Crippen LogP contribution in [0.3, 0.4) is 0 Å². The van der Waals surface area contributed by atoms with Crippen molar-refractivity contribution in [3.05, 3.63) is 53.1 Å². The van der Waals surface area contributed by atoms with Gasteiger partial charge >= 0.3 is 0 Å². The smallest absolute Gasteiger partial charge is 0.257 e. The molecule has 0 bridgehead atoms. The number of rotatable bonds is 4. The maximum Gasteiger partial charge on any atom is 0.257 e. The van der Waals surface area contributed by atoms with Gasteiger partial charge in [0.2, 0.25) is 0 Å². The summed E-state index contributed by atoms with van der Waals surface area (Å²) in [6, 6.07) is 6.38. The van der Waals surface area contributed by atoms with E-state index in [1.54, 1.807) is 7.11 Å². The molecule has 1 aromatic carbocycles. The molecule has 0 spiro atoms. The average Bonchev–Trinajstić information content (AvgIpc) is 3.13. The van der Waals surface area contributed by atoms with Gasteiger partial charge in [0, 0.05) is 49.0 Å². The van der Waals surface area contributed by atoms with E-state index in [1.807, 2.05) is 42.7 Å². The van der Waals surface area contributed by atoms with Crippen LogP contribution in [0.1, 0.15) is 53.0 Å². The van der Waals surface area contributed by atoms with Crippen molar-refractivity contribution in [2.24, 2.45) is 0 Å². The highest BCUT2D eigenvalue weighted by Crippen LogP contribution is 2.31. The monoisotopic (exact) mass is 392 g/mol. The summed E-state index contributed by atoms with van der Waals surface area (Å²) in [5.41, 5.74) is 3.74. The van der Waals surface area contributed by atoms with Crippen LogP contribution in [-0.2, 0) is 6.54 Å². The van der Waals surface area contributed by atoms with E-state index in [0.717, 1.165) is 71.5 Å². The Balaban J connectivity index is 1.48. The van der Waals surface area contributed by atoms with Gasteiger partial charge in [0.15, 0.2) is 0 Å². The molecule has 0 N–H and O–H groups in total. The molecule has 0 saturated carbocycles. The zero-order valence-electron chi connectivity index (χ0n) is 17.6. The number of hydrogen-bond donors (Lipinski definition) is 0. The predicted molar refractivity (Wildman–Crippen MR) is 114 cm³/mol. The summed E-state index contributed by atoms with van der Waals surface area (Å²) >= 11 is 0. The molecule has 3 heterocycles. The topological polar surface area (TPSA) is 60.2 Å². The Morgan fingerprint density at radius 3 is 2.59 bits per heavy atom. The lowest BCUT2D eigenvalue weighted by Crippen LogP contribution is -2.38. The van der Waals surface area contributed by atoms with Gasteiger partial charge in [0.25, 0.3) is 5.91 Å². The molecule has 1 aliphatic heterocycles. The number of aryl methyl sites for hydroxylation is 3. The van der Waals surface area contributed by atoms with E-state index in [1.165, 1.54) is 0 Å². The lowest BCUT2D eigenvalue weighted by molar-refractivity contribution is 0.0711. The van der Waals surface area contributed by atoms with Gasteiger partial charge in [-0.2, -0.15) is 5.10 Å². The molecule has 29 heavy (non-hydrogen) atoms. The molecule has 2 aromatic heterocycles. The first kappa shape index (κ1) is 19.4. The van der Waals surface area contributed by atoms with Crippen molar-refractivity contribution in [1.82, 2.24) is 19.7 Å². The minimum absolute atomic E-state index is 0.0901. The molecule has 1 saturated heterocycles. The normalized spacial score (nSPS) is 15.1. The zero-order valence-corrected chi connectivity index (χ0v) is 17.6. The van der Waals surface area contributed by atoms with Crippen molar-refractivity contribution in [2.45, 2.75) is 46.1 Å². The highest BCUT2D eigenvalue weighted by atomic mass is 16.5. The third-order valence-electron chi connectivity index (χ3n) is 5.96. The summed E-state index contributed by atoms with van der Waals surface area (Å²) < 4.78 is 7.29. The summed E-state index contributed by atoms with van der Waals surface area (Å²) in [4.78, 5) is 19.6. The molecule has 6 nitrogen and oxygen atoms in total. The molecular weight excluding hydrogens is 364 g/mol. The quantitative estimate of drug-likeness (QED) is 0.671. The lowest BCUT2D eigenvalue weighted by Gasteiger charge is -2.31. The zero-order chi connectivity index (χ0) is 20.5. The van der Waals surface area contributed by atoms with Crippen molar-refractivity contribution in [2.75, 3.05) is 20.2 Å². The van der Waals surface area contributed by atoms with Gasteiger partial charge in [0.05, 0.1) is 18.4 Å². The summed E-state index contributed by atoms with van der Waals surface area (Å²) in [6.07, 6.45) is 5.67. The van der Waals surface area contributed by atoms with E-state index in [4.69, 9.17) is 9.72 Å². The number of ether oxygens (including phenoxy) is 1. The molecule has 1 fully saturated rings. The van der Waals surface area contributed by atoms with Crippen LogP contribution in [0, 0.1) is 13.8 Å². The number of carbonyl (C=O) groups excluding carboxylic acids is 1. The molecule has 6 heteroatoms. The van der Waals surface area contributed by atoms with Gasteiger partial charge in [-0.25, -0.2) is 0 Å². The van der Waals surface area contributed by atoms with Crippen LogP contribution in [-0.4, -0.2) is 45.8 Å². The Morgan fingerprint density at radius 1 is 1.17 bits per heavy atom. The van der Waals surface area contributed by atoms with E-state index in [0.29, 0.717) is 5.92 Å². The highest BCUT2D eigenvalue weighted by molar-refractivity contribution is 5.95. The van der Waals surface area contributed by atoms with E-state index >= 15 is 0 Å². The first-order valence-corrected chi connectivity index (χ1v) is 10.3. The van der Waals surface area contributed by atoms with E-state index in [9.17, 15) is 4.79 Å². The highest BCUT2D eigenvalue weighted by Gasteiger charge is 2.27. The molecule has 3 aromatic rings. The van der Waals surface area contributed by atoms with Gasteiger partial charge in [0.1, 0.15) is 5.75 Å². The number of pyridine rings is 1. The second kappa shape index (κ2) is 7.85. The van der Waals surface area contributed by atoms with Crippen molar-refractivity contribution in [1.29, 1.82) is 0 Å². The predicted octanol–water partition coefficient (Wildman–Crippen LogP) is 4.10. The van der Waals surface area contributed by atoms with Crippen LogP contribution in [0.25, 0.3) is 10.8 Å². The fraction of sp³-hybridized carbons (Fsp3) is 0.435. The maximum atomic E-state index is 12.9. The van der Waals surface area contributed by atoms with Crippen LogP contribution in [0.2, 0.25) is 0 Å². The Bertz CT molecular complexity index is 1050. The molecule has 0 aliphatic carbocycles. The van der Waals surface area contributed by atoms with Crippen molar-refractivity contribution < 1.29 is 9.53 Å². The SMILES string of the molecule is CCn1cc(C(=O)N2CCC(c3cc4cc(OC)c(C)cc4cn3)CC2)c(C)n1. The number of benzene rings is 1. The molecule has 1 aliphatic rings. The Kier molecular flexibility index (Phi) is 5.26. The second-order valence-electron chi connectivity index (χ2n) is 7.83. The summed E-state index contributed by atoms with van der Waals surface area (Å²) in [7, 11) is 1.70. The minimum atomic E-state index is 0.0901. The summed E-state index contributed by atoms with van der Waals surface area (Å²) in [5.74, 6) is 1.36. The van der Waals surface area contributed by atoms with E-state index in [2.05, 4.69) is 23.3 Å². The van der Waals surface area contributed by atoms with Gasteiger partial charge in [-0.15, -0.1) is 0 Å². The van der Waals surface area contributed by atoms with E-state index in [-0.39, 0.29) is 5.91 Å². The van der Waals surface area contributed by atoms with Gasteiger partial charge < -0.3 is 9.64 Å². The number of nitrogens with zero attached hydrogens (tertiary/aromatic N) is 4. The van der Waals surface area contributed by atoms with Crippen LogP contribution in [0.4, 0.5) is 0 Å². The minimum Gasteiger partial charge on any atom is -0.496 e. The van der Waals surface area contributed by atoms with Crippen LogP contribution >= 0.6 is 0 Å². The van der Waals surface area contributed by atoms with Crippen LogP contribution in [0.15, 0.2) is 30.6 Å². The number of likely N-dealkylation sites (tertiary alicyclic amines) is 1. The first-order valence-electron chi connectivity index (χ1n) is 10.3. The molecule has 4 rings (SSSR count). The Morgan fingerprint density at radius 2 is 1.93 bits per heavy atom. The molecular formula is C23H28N4O2. The molecule has 1 amide bonds. The number of amides is 1. The fourth-order valence-corrected chi connectivity index (χ4v) is 4.19. The summed E-state index contributed by atoms with van der Waals surface area (Å²) in [5, 5.41) is 6.68. The number of methoxy groups -OCH3 is 1. The number of hydrogen-bond acceptors (Lipinski definition) is 4. The average molecular weight is 393 g/mol. The Hall–Kier alpha value is -2.89. The maximum absolute atomic E-state index is 12.9. The first-order chi connectivity index (χ1) is 14.0. The lowest BCUT2D eigenvalue weighted by atomic mass is 9.91. The van der Waals surface area contributed by atoms with Gasteiger partial charge in [-0.05, 0) is 62.8 Å². The van der Waals surface area contributed by atoms with E-state index < -0.39 is 0 Å². The number of piperidine rings is 1. The van der Waals surface area contributed by atoms with Crippen LogP contribution < -0.4 is 4.74 Å².